The molecular formula is C15H22N2O4. The second kappa shape index (κ2) is 6.22. The van der Waals surface area contributed by atoms with E-state index in [0.717, 1.165) is 12.8 Å². The quantitative estimate of drug-likeness (QED) is 0.867. The van der Waals surface area contributed by atoms with Crippen LogP contribution in [-0.2, 0) is 4.79 Å². The van der Waals surface area contributed by atoms with Crippen molar-refractivity contribution in [3.8, 4) is 17.2 Å². The number of anilines is 1. The van der Waals surface area contributed by atoms with Crippen molar-refractivity contribution in [3.63, 3.8) is 0 Å². The summed E-state index contributed by atoms with van der Waals surface area (Å²) < 4.78 is 15.8. The molecule has 1 aliphatic carbocycles. The molecule has 1 fully saturated rings. The van der Waals surface area contributed by atoms with E-state index in [9.17, 15) is 4.79 Å². The lowest BCUT2D eigenvalue weighted by Crippen LogP contribution is -2.48. The Kier molecular flexibility index (Phi) is 4.57. The standard InChI is InChI=1S/C15H22N2O4/c1-19-11-8-10(9-12(20-2)13(11)21-3)17-14(18)15(16)6-4-5-7-15/h8-9H,4-7,16H2,1-3H3,(H,17,18). The Balaban J connectivity index is 2.26. The lowest BCUT2D eigenvalue weighted by atomic mass is 9.98. The van der Waals surface area contributed by atoms with Gasteiger partial charge in [0, 0.05) is 17.8 Å². The first-order valence-electron chi connectivity index (χ1n) is 6.94. The highest BCUT2D eigenvalue weighted by atomic mass is 16.5. The molecule has 3 N–H and O–H groups in total. The summed E-state index contributed by atoms with van der Waals surface area (Å²) in [7, 11) is 4.60. The summed E-state index contributed by atoms with van der Waals surface area (Å²) in [6.45, 7) is 0. The molecule has 1 aromatic carbocycles. The van der Waals surface area contributed by atoms with Crippen LogP contribution in [0.4, 0.5) is 5.69 Å². The maximum atomic E-state index is 12.3. The second-order valence-corrected chi connectivity index (χ2v) is 5.23. The van der Waals surface area contributed by atoms with Gasteiger partial charge in [-0.25, -0.2) is 0 Å². The molecule has 0 aromatic heterocycles. The van der Waals surface area contributed by atoms with Crippen LogP contribution in [0, 0.1) is 0 Å². The summed E-state index contributed by atoms with van der Waals surface area (Å²) in [5, 5.41) is 2.85. The lowest BCUT2D eigenvalue weighted by Gasteiger charge is -2.23. The first kappa shape index (κ1) is 15.4. The Morgan fingerprint density at radius 3 is 2.05 bits per heavy atom. The van der Waals surface area contributed by atoms with E-state index in [2.05, 4.69) is 5.32 Å². The van der Waals surface area contributed by atoms with Crippen LogP contribution >= 0.6 is 0 Å². The van der Waals surface area contributed by atoms with Crippen LogP contribution in [0.3, 0.4) is 0 Å². The van der Waals surface area contributed by atoms with Crippen LogP contribution in [0.25, 0.3) is 0 Å². The third kappa shape index (κ3) is 3.05. The largest absolute Gasteiger partial charge is 0.493 e. The van der Waals surface area contributed by atoms with Gasteiger partial charge in [-0.3, -0.25) is 4.79 Å². The monoisotopic (exact) mass is 294 g/mol. The Labute approximate surface area is 124 Å². The van der Waals surface area contributed by atoms with Gasteiger partial charge in [-0.05, 0) is 12.8 Å². The Morgan fingerprint density at radius 1 is 1.10 bits per heavy atom. The summed E-state index contributed by atoms with van der Waals surface area (Å²) >= 11 is 0. The van der Waals surface area contributed by atoms with E-state index < -0.39 is 5.54 Å². The minimum absolute atomic E-state index is 0.172. The zero-order chi connectivity index (χ0) is 15.5. The van der Waals surface area contributed by atoms with Gasteiger partial charge in [-0.2, -0.15) is 0 Å². The molecule has 6 nitrogen and oxygen atoms in total. The van der Waals surface area contributed by atoms with Crippen molar-refractivity contribution in [3.05, 3.63) is 12.1 Å². The lowest BCUT2D eigenvalue weighted by molar-refractivity contribution is -0.121. The highest BCUT2D eigenvalue weighted by Gasteiger charge is 2.37. The number of hydrogen-bond donors (Lipinski definition) is 2. The maximum absolute atomic E-state index is 12.3. The number of benzene rings is 1. The van der Waals surface area contributed by atoms with E-state index in [1.54, 1.807) is 12.1 Å². The number of nitrogens with one attached hydrogen (secondary N) is 1. The van der Waals surface area contributed by atoms with E-state index in [1.807, 2.05) is 0 Å². The molecule has 1 aromatic rings. The van der Waals surface area contributed by atoms with Crippen molar-refractivity contribution in [2.75, 3.05) is 26.6 Å². The molecule has 0 atom stereocenters. The number of rotatable bonds is 5. The fourth-order valence-electron chi connectivity index (χ4n) is 2.64. The van der Waals surface area contributed by atoms with Crippen LogP contribution in [0.15, 0.2) is 12.1 Å². The van der Waals surface area contributed by atoms with Crippen molar-refractivity contribution < 1.29 is 19.0 Å². The predicted octanol–water partition coefficient (Wildman–Crippen LogP) is 1.92. The molecule has 21 heavy (non-hydrogen) atoms. The highest BCUT2D eigenvalue weighted by Crippen LogP contribution is 2.40. The number of nitrogens with two attached hydrogens (primary N) is 1. The first-order valence-corrected chi connectivity index (χ1v) is 6.94. The second-order valence-electron chi connectivity index (χ2n) is 5.23. The van der Waals surface area contributed by atoms with E-state index >= 15 is 0 Å². The van der Waals surface area contributed by atoms with Crippen LogP contribution in [0.2, 0.25) is 0 Å². The summed E-state index contributed by atoms with van der Waals surface area (Å²) in [6.07, 6.45) is 3.39. The molecule has 0 heterocycles. The maximum Gasteiger partial charge on any atom is 0.244 e. The molecule has 0 radical (unpaired) electrons. The molecule has 1 saturated carbocycles. The molecular weight excluding hydrogens is 272 g/mol. The highest BCUT2D eigenvalue weighted by molar-refractivity contribution is 5.98. The van der Waals surface area contributed by atoms with Gasteiger partial charge in [0.05, 0.1) is 26.9 Å². The van der Waals surface area contributed by atoms with Gasteiger partial charge in [0.1, 0.15) is 0 Å². The van der Waals surface area contributed by atoms with Crippen LogP contribution in [0.5, 0.6) is 17.2 Å². The third-order valence-electron chi connectivity index (χ3n) is 3.87. The summed E-state index contributed by atoms with van der Waals surface area (Å²) in [5.74, 6) is 1.30. The number of ether oxygens (including phenoxy) is 3. The Hall–Kier alpha value is -1.95. The van der Waals surface area contributed by atoms with Crippen molar-refractivity contribution >= 4 is 11.6 Å². The van der Waals surface area contributed by atoms with Gasteiger partial charge in [-0.1, -0.05) is 12.8 Å². The molecule has 0 saturated heterocycles. The van der Waals surface area contributed by atoms with Crippen molar-refractivity contribution in [1.82, 2.24) is 0 Å². The van der Waals surface area contributed by atoms with E-state index in [-0.39, 0.29) is 5.91 Å². The molecule has 0 bridgehead atoms. The summed E-state index contributed by atoms with van der Waals surface area (Å²) in [6, 6.07) is 3.38. The average Bonchev–Trinajstić information content (AvgIpc) is 2.94. The van der Waals surface area contributed by atoms with E-state index in [1.165, 1.54) is 21.3 Å². The molecule has 1 amide bonds. The van der Waals surface area contributed by atoms with E-state index in [0.29, 0.717) is 35.8 Å². The van der Waals surface area contributed by atoms with Gasteiger partial charge in [0.2, 0.25) is 11.7 Å². The van der Waals surface area contributed by atoms with Gasteiger partial charge in [-0.15, -0.1) is 0 Å². The first-order chi connectivity index (χ1) is 10.0. The smallest absolute Gasteiger partial charge is 0.244 e. The zero-order valence-corrected chi connectivity index (χ0v) is 12.7. The van der Waals surface area contributed by atoms with Crippen molar-refractivity contribution in [2.24, 2.45) is 5.73 Å². The number of amides is 1. The van der Waals surface area contributed by atoms with Gasteiger partial charge >= 0.3 is 0 Å². The Bertz CT molecular complexity index is 499. The van der Waals surface area contributed by atoms with Crippen molar-refractivity contribution in [1.29, 1.82) is 0 Å². The van der Waals surface area contributed by atoms with Crippen molar-refractivity contribution in [2.45, 2.75) is 31.2 Å². The fourth-order valence-corrected chi connectivity index (χ4v) is 2.64. The average molecular weight is 294 g/mol. The number of carbonyl (C=O) groups is 1. The normalized spacial score (nSPS) is 16.4. The molecule has 116 valence electrons. The summed E-state index contributed by atoms with van der Waals surface area (Å²) in [4.78, 5) is 12.3. The molecule has 0 spiro atoms. The van der Waals surface area contributed by atoms with Gasteiger partial charge in [0.15, 0.2) is 11.5 Å². The third-order valence-corrected chi connectivity index (χ3v) is 3.87. The fraction of sp³-hybridized carbons (Fsp3) is 0.533. The minimum Gasteiger partial charge on any atom is -0.493 e. The molecule has 0 aliphatic heterocycles. The predicted molar refractivity (Wildman–Crippen MR) is 80.1 cm³/mol. The summed E-state index contributed by atoms with van der Waals surface area (Å²) in [5.41, 5.74) is 5.95. The number of hydrogen-bond acceptors (Lipinski definition) is 5. The molecule has 1 aliphatic rings. The number of carbonyl (C=O) groups excluding carboxylic acids is 1. The Morgan fingerprint density at radius 2 is 1.62 bits per heavy atom. The minimum atomic E-state index is -0.777. The van der Waals surface area contributed by atoms with E-state index in [4.69, 9.17) is 19.9 Å². The van der Waals surface area contributed by atoms with Crippen LogP contribution in [0.1, 0.15) is 25.7 Å². The van der Waals surface area contributed by atoms with Gasteiger partial charge < -0.3 is 25.3 Å². The topological polar surface area (TPSA) is 82.8 Å². The number of methoxy groups -OCH3 is 3. The molecule has 0 unspecified atom stereocenters. The SMILES string of the molecule is COc1cc(NC(=O)C2(N)CCCC2)cc(OC)c1OC. The van der Waals surface area contributed by atoms with Gasteiger partial charge in [0.25, 0.3) is 0 Å². The molecule has 2 rings (SSSR count). The van der Waals surface area contributed by atoms with Crippen LogP contribution in [-0.4, -0.2) is 32.8 Å². The molecule has 6 heteroatoms. The zero-order valence-electron chi connectivity index (χ0n) is 12.7. The van der Waals surface area contributed by atoms with Crippen LogP contribution < -0.4 is 25.3 Å².